The minimum absolute atomic E-state index is 0.149. The summed E-state index contributed by atoms with van der Waals surface area (Å²) in [5.74, 6) is 1.63. The maximum absolute atomic E-state index is 13.7. The van der Waals surface area contributed by atoms with Crippen LogP contribution in [0, 0.1) is 0 Å². The maximum atomic E-state index is 13.7. The van der Waals surface area contributed by atoms with Crippen LogP contribution in [0.3, 0.4) is 0 Å². The van der Waals surface area contributed by atoms with Gasteiger partial charge >= 0.3 is 0 Å². The normalized spacial score (nSPS) is 13.9. The summed E-state index contributed by atoms with van der Waals surface area (Å²) in [6.07, 6.45) is 6.58. The van der Waals surface area contributed by atoms with Crippen molar-refractivity contribution in [2.45, 2.75) is 39.7 Å². The van der Waals surface area contributed by atoms with Gasteiger partial charge in [-0.25, -0.2) is 0 Å². The standard InChI is InChI=1S/C27H28O5/c1-16(2)12-13-18-23-19(14-15-27(3,4)32-23)24(29-5)20-21(28)26(30-6)22(31-25(18)20)17-10-8-7-9-11-17/h7-12,14-15H,13H2,1-6H3. The van der Waals surface area contributed by atoms with Crippen LogP contribution in [0.4, 0.5) is 0 Å². The van der Waals surface area contributed by atoms with Gasteiger partial charge in [-0.3, -0.25) is 4.79 Å². The summed E-state index contributed by atoms with van der Waals surface area (Å²) >= 11 is 0. The second-order valence-corrected chi connectivity index (χ2v) is 8.64. The molecule has 0 unspecified atom stereocenters. The van der Waals surface area contributed by atoms with Crippen LogP contribution in [0.5, 0.6) is 17.2 Å². The number of benzene rings is 2. The van der Waals surface area contributed by atoms with E-state index >= 15 is 0 Å². The lowest BCUT2D eigenvalue weighted by molar-refractivity contribution is 0.157. The molecule has 0 radical (unpaired) electrons. The molecule has 0 saturated heterocycles. The minimum Gasteiger partial charge on any atom is -0.495 e. The molecule has 32 heavy (non-hydrogen) atoms. The molecule has 5 nitrogen and oxygen atoms in total. The number of allylic oxidation sites excluding steroid dienone is 2. The summed E-state index contributed by atoms with van der Waals surface area (Å²) < 4.78 is 24.1. The molecular formula is C27H28O5. The molecule has 0 spiro atoms. The van der Waals surface area contributed by atoms with E-state index in [0.29, 0.717) is 34.6 Å². The highest BCUT2D eigenvalue weighted by Gasteiger charge is 2.32. The minimum atomic E-state index is -0.500. The van der Waals surface area contributed by atoms with Gasteiger partial charge in [0.05, 0.1) is 19.8 Å². The average Bonchev–Trinajstić information content (AvgIpc) is 2.76. The Kier molecular flexibility index (Phi) is 5.59. The van der Waals surface area contributed by atoms with E-state index in [1.807, 2.05) is 70.2 Å². The molecule has 0 aliphatic carbocycles. The van der Waals surface area contributed by atoms with Gasteiger partial charge < -0.3 is 18.6 Å². The molecule has 0 N–H and O–H groups in total. The lowest BCUT2D eigenvalue weighted by Gasteiger charge is -2.31. The molecule has 1 aliphatic rings. The Morgan fingerprint density at radius 1 is 1.06 bits per heavy atom. The zero-order valence-corrected chi connectivity index (χ0v) is 19.4. The fraction of sp³-hybridized carbons (Fsp3) is 0.296. The predicted molar refractivity (Wildman–Crippen MR) is 128 cm³/mol. The molecule has 1 aromatic heterocycles. The highest BCUT2D eigenvalue weighted by atomic mass is 16.5. The largest absolute Gasteiger partial charge is 0.495 e. The summed E-state index contributed by atoms with van der Waals surface area (Å²) in [4.78, 5) is 13.7. The number of hydrogen-bond donors (Lipinski definition) is 0. The van der Waals surface area contributed by atoms with Gasteiger partial charge in [-0.15, -0.1) is 0 Å². The number of ether oxygens (including phenoxy) is 3. The molecule has 4 rings (SSSR count). The number of methoxy groups -OCH3 is 2. The van der Waals surface area contributed by atoms with Crippen LogP contribution in [0.1, 0.15) is 38.8 Å². The van der Waals surface area contributed by atoms with Gasteiger partial charge in [-0.2, -0.15) is 0 Å². The van der Waals surface area contributed by atoms with Crippen molar-refractivity contribution in [3.05, 3.63) is 69.4 Å². The third-order valence-electron chi connectivity index (χ3n) is 5.51. The van der Waals surface area contributed by atoms with Crippen LogP contribution in [0.2, 0.25) is 0 Å². The smallest absolute Gasteiger partial charge is 0.239 e. The van der Waals surface area contributed by atoms with Gasteiger partial charge in [-0.05, 0) is 46.3 Å². The van der Waals surface area contributed by atoms with Gasteiger partial charge in [0.15, 0.2) is 5.76 Å². The Morgan fingerprint density at radius 3 is 2.38 bits per heavy atom. The van der Waals surface area contributed by atoms with E-state index in [1.165, 1.54) is 7.11 Å². The van der Waals surface area contributed by atoms with E-state index in [-0.39, 0.29) is 11.2 Å². The monoisotopic (exact) mass is 432 g/mol. The summed E-state index contributed by atoms with van der Waals surface area (Å²) in [7, 11) is 3.03. The summed E-state index contributed by atoms with van der Waals surface area (Å²) in [5, 5.41) is 0.355. The first-order valence-corrected chi connectivity index (χ1v) is 10.6. The van der Waals surface area contributed by atoms with Crippen LogP contribution in [-0.2, 0) is 6.42 Å². The molecule has 2 aromatic carbocycles. The topological polar surface area (TPSA) is 57.9 Å². The van der Waals surface area contributed by atoms with E-state index in [1.54, 1.807) is 7.11 Å². The lowest BCUT2D eigenvalue weighted by atomic mass is 9.94. The Morgan fingerprint density at radius 2 is 1.75 bits per heavy atom. The van der Waals surface area contributed by atoms with Crippen molar-refractivity contribution < 1.29 is 18.6 Å². The van der Waals surface area contributed by atoms with Crippen molar-refractivity contribution in [1.82, 2.24) is 0 Å². The van der Waals surface area contributed by atoms with Crippen LogP contribution in [0.15, 0.2) is 57.3 Å². The van der Waals surface area contributed by atoms with E-state index in [9.17, 15) is 4.79 Å². The van der Waals surface area contributed by atoms with Crippen molar-refractivity contribution in [2.24, 2.45) is 0 Å². The van der Waals surface area contributed by atoms with E-state index in [2.05, 4.69) is 6.08 Å². The predicted octanol–water partition coefficient (Wildman–Crippen LogP) is 6.17. The fourth-order valence-electron chi connectivity index (χ4n) is 3.96. The molecular weight excluding hydrogens is 404 g/mol. The number of hydrogen-bond acceptors (Lipinski definition) is 5. The van der Waals surface area contributed by atoms with Crippen molar-refractivity contribution in [1.29, 1.82) is 0 Å². The van der Waals surface area contributed by atoms with Gasteiger partial charge in [0.25, 0.3) is 0 Å². The average molecular weight is 433 g/mol. The molecule has 0 atom stereocenters. The SMILES string of the molecule is COc1c(-c2ccccc2)oc2c(CC=C(C)C)c3c(c(OC)c2c1=O)C=CC(C)(C)O3. The highest BCUT2D eigenvalue weighted by Crippen LogP contribution is 2.46. The molecule has 0 bridgehead atoms. The second kappa shape index (κ2) is 8.23. The first-order valence-electron chi connectivity index (χ1n) is 10.6. The quantitative estimate of drug-likeness (QED) is 0.451. The third-order valence-corrected chi connectivity index (χ3v) is 5.51. The summed E-state index contributed by atoms with van der Waals surface area (Å²) in [5.41, 5.74) is 3.14. The molecule has 0 saturated carbocycles. The first kappa shape index (κ1) is 21.8. The molecule has 166 valence electrons. The number of rotatable bonds is 5. The molecule has 1 aliphatic heterocycles. The van der Waals surface area contributed by atoms with Crippen molar-refractivity contribution in [2.75, 3.05) is 14.2 Å². The Hall–Kier alpha value is -3.47. The van der Waals surface area contributed by atoms with E-state index in [4.69, 9.17) is 18.6 Å². The summed E-state index contributed by atoms with van der Waals surface area (Å²) in [6.45, 7) is 8.07. The zero-order chi connectivity index (χ0) is 23.0. The van der Waals surface area contributed by atoms with Crippen molar-refractivity contribution in [3.63, 3.8) is 0 Å². The zero-order valence-electron chi connectivity index (χ0n) is 19.4. The Bertz CT molecular complexity index is 1290. The lowest BCUT2D eigenvalue weighted by Crippen LogP contribution is -2.28. The summed E-state index contributed by atoms with van der Waals surface area (Å²) in [6, 6.07) is 9.48. The first-order chi connectivity index (χ1) is 15.3. The molecule has 0 fully saturated rings. The number of fused-ring (bicyclic) bond motifs is 2. The van der Waals surface area contributed by atoms with Gasteiger partial charge in [0.2, 0.25) is 11.2 Å². The van der Waals surface area contributed by atoms with Crippen LogP contribution < -0.4 is 19.6 Å². The van der Waals surface area contributed by atoms with Gasteiger partial charge in [0, 0.05) is 11.1 Å². The van der Waals surface area contributed by atoms with Crippen molar-refractivity contribution in [3.8, 4) is 28.6 Å². The maximum Gasteiger partial charge on any atom is 0.239 e. The third kappa shape index (κ3) is 3.68. The molecule has 0 amide bonds. The van der Waals surface area contributed by atoms with E-state index in [0.717, 1.165) is 22.3 Å². The Balaban J connectivity index is 2.18. The van der Waals surface area contributed by atoms with Crippen LogP contribution in [0.25, 0.3) is 28.4 Å². The fourth-order valence-corrected chi connectivity index (χ4v) is 3.96. The molecule has 2 heterocycles. The van der Waals surface area contributed by atoms with Crippen LogP contribution >= 0.6 is 0 Å². The van der Waals surface area contributed by atoms with Gasteiger partial charge in [-0.1, -0.05) is 42.0 Å². The second-order valence-electron chi connectivity index (χ2n) is 8.64. The molecule has 5 heteroatoms. The highest BCUT2D eigenvalue weighted by molar-refractivity contribution is 5.96. The van der Waals surface area contributed by atoms with E-state index < -0.39 is 5.60 Å². The van der Waals surface area contributed by atoms with Gasteiger partial charge in [0.1, 0.15) is 28.1 Å². The van der Waals surface area contributed by atoms with Crippen molar-refractivity contribution >= 4 is 17.0 Å². The Labute approximate surface area is 187 Å². The molecule has 3 aromatic rings. The van der Waals surface area contributed by atoms with Crippen LogP contribution in [-0.4, -0.2) is 19.8 Å².